The van der Waals surface area contributed by atoms with Crippen LogP contribution < -0.4 is 5.56 Å². The first-order chi connectivity index (χ1) is 10.6. The smallest absolute Gasteiger partial charge is 0.262 e. The van der Waals surface area contributed by atoms with Crippen molar-refractivity contribution < 1.29 is 9.18 Å². The van der Waals surface area contributed by atoms with Crippen LogP contribution in [0.3, 0.4) is 0 Å². The molecule has 112 valence electrons. The number of rotatable bonds is 4. The van der Waals surface area contributed by atoms with Crippen LogP contribution in [0.15, 0.2) is 45.7 Å². The van der Waals surface area contributed by atoms with E-state index in [0.29, 0.717) is 20.9 Å². The maximum absolute atomic E-state index is 12.9. The van der Waals surface area contributed by atoms with Gasteiger partial charge in [-0.05, 0) is 35.7 Å². The van der Waals surface area contributed by atoms with Gasteiger partial charge in [-0.1, -0.05) is 11.8 Å². The Bertz CT molecular complexity index is 900. The minimum Gasteiger partial charge on any atom is -0.293 e. The molecule has 0 N–H and O–H groups in total. The van der Waals surface area contributed by atoms with Crippen molar-refractivity contribution in [3.8, 4) is 0 Å². The molecule has 3 rings (SSSR count). The molecule has 0 unspecified atom stereocenters. The predicted octanol–water partition coefficient (Wildman–Crippen LogP) is 3.11. The number of hydrogen-bond acceptors (Lipinski definition) is 5. The van der Waals surface area contributed by atoms with E-state index in [1.54, 1.807) is 13.1 Å². The molecule has 2 aromatic heterocycles. The molecule has 0 aliphatic heterocycles. The molecule has 3 aromatic rings. The standard InChI is InChI=1S/C15H11FN2O2S2/c1-18-14(20)11-6-7-21-13(11)17-15(18)22-8-12(19)9-2-4-10(16)5-3-9/h2-7H,8H2,1H3. The molecule has 0 bridgehead atoms. The molecule has 0 saturated heterocycles. The van der Waals surface area contributed by atoms with Gasteiger partial charge >= 0.3 is 0 Å². The second-order valence-corrected chi connectivity index (χ2v) is 6.45. The van der Waals surface area contributed by atoms with Crippen LogP contribution >= 0.6 is 23.1 Å². The Morgan fingerprint density at radius 3 is 2.77 bits per heavy atom. The fraction of sp³-hybridized carbons (Fsp3) is 0.133. The first-order valence-corrected chi connectivity index (χ1v) is 8.28. The van der Waals surface area contributed by atoms with Crippen molar-refractivity contribution in [3.63, 3.8) is 0 Å². The van der Waals surface area contributed by atoms with Crippen molar-refractivity contribution in [3.05, 3.63) is 57.4 Å². The summed E-state index contributed by atoms with van der Waals surface area (Å²) in [7, 11) is 1.64. The Hall–Kier alpha value is -1.99. The van der Waals surface area contributed by atoms with Gasteiger partial charge in [-0.2, -0.15) is 0 Å². The molecule has 0 saturated carbocycles. The highest BCUT2D eigenvalue weighted by atomic mass is 32.2. The van der Waals surface area contributed by atoms with Crippen LogP contribution in [-0.2, 0) is 7.05 Å². The average molecular weight is 334 g/mol. The van der Waals surface area contributed by atoms with E-state index in [1.807, 2.05) is 5.38 Å². The summed E-state index contributed by atoms with van der Waals surface area (Å²) in [6, 6.07) is 7.15. The van der Waals surface area contributed by atoms with Crippen LogP contribution in [-0.4, -0.2) is 21.1 Å². The summed E-state index contributed by atoms with van der Waals surface area (Å²) < 4.78 is 14.3. The molecule has 7 heteroatoms. The molecule has 4 nitrogen and oxygen atoms in total. The Morgan fingerprint density at radius 2 is 2.05 bits per heavy atom. The normalized spacial score (nSPS) is 11.0. The van der Waals surface area contributed by atoms with Gasteiger partial charge in [0.1, 0.15) is 10.6 Å². The van der Waals surface area contributed by atoms with Gasteiger partial charge in [0.25, 0.3) is 5.56 Å². The molecule has 0 aliphatic rings. The molecule has 0 aliphatic carbocycles. The van der Waals surface area contributed by atoms with E-state index >= 15 is 0 Å². The molecule has 1 aromatic carbocycles. The first-order valence-electron chi connectivity index (χ1n) is 6.42. The molecule has 0 fully saturated rings. The third-order valence-corrected chi connectivity index (χ3v) is 5.00. The van der Waals surface area contributed by atoms with Gasteiger partial charge in [0.15, 0.2) is 10.9 Å². The largest absolute Gasteiger partial charge is 0.293 e. The number of Topliss-reactive ketones (excluding diaryl/α,β-unsaturated/α-hetero) is 1. The van der Waals surface area contributed by atoms with Gasteiger partial charge in [0.2, 0.25) is 0 Å². The zero-order chi connectivity index (χ0) is 15.7. The van der Waals surface area contributed by atoms with Crippen LogP contribution in [0.25, 0.3) is 10.2 Å². The topological polar surface area (TPSA) is 52.0 Å². The van der Waals surface area contributed by atoms with E-state index < -0.39 is 0 Å². The molecular weight excluding hydrogens is 323 g/mol. The molecule has 2 heterocycles. The maximum Gasteiger partial charge on any atom is 0.262 e. The van der Waals surface area contributed by atoms with Crippen molar-refractivity contribution in [1.29, 1.82) is 0 Å². The quantitative estimate of drug-likeness (QED) is 0.418. The Kier molecular flexibility index (Phi) is 4.08. The van der Waals surface area contributed by atoms with E-state index in [4.69, 9.17) is 0 Å². The maximum atomic E-state index is 12.9. The number of carbonyl (C=O) groups is 1. The van der Waals surface area contributed by atoms with Crippen molar-refractivity contribution in [2.75, 3.05) is 5.75 Å². The molecule has 0 amide bonds. The fourth-order valence-electron chi connectivity index (χ4n) is 1.96. The number of halogens is 1. The second kappa shape index (κ2) is 6.02. The Labute approximate surface area is 133 Å². The van der Waals surface area contributed by atoms with Gasteiger partial charge in [-0.3, -0.25) is 14.2 Å². The molecule has 22 heavy (non-hydrogen) atoms. The van der Waals surface area contributed by atoms with Crippen molar-refractivity contribution in [1.82, 2.24) is 9.55 Å². The van der Waals surface area contributed by atoms with Crippen molar-refractivity contribution in [2.45, 2.75) is 5.16 Å². The summed E-state index contributed by atoms with van der Waals surface area (Å²) in [4.78, 5) is 29.3. The van der Waals surface area contributed by atoms with Crippen LogP contribution in [0, 0.1) is 5.82 Å². The van der Waals surface area contributed by atoms with Gasteiger partial charge in [-0.25, -0.2) is 9.37 Å². The number of aromatic nitrogens is 2. The van der Waals surface area contributed by atoms with Gasteiger partial charge in [-0.15, -0.1) is 11.3 Å². The summed E-state index contributed by atoms with van der Waals surface area (Å²) in [6.45, 7) is 0. The third kappa shape index (κ3) is 2.82. The Balaban J connectivity index is 1.81. The zero-order valence-electron chi connectivity index (χ0n) is 11.6. The number of thioether (sulfide) groups is 1. The lowest BCUT2D eigenvalue weighted by Crippen LogP contribution is -2.19. The van der Waals surface area contributed by atoms with E-state index in [2.05, 4.69) is 4.98 Å². The van der Waals surface area contributed by atoms with E-state index in [-0.39, 0.29) is 22.9 Å². The number of ketones is 1. The predicted molar refractivity (Wildman–Crippen MR) is 86.3 cm³/mol. The lowest BCUT2D eigenvalue weighted by atomic mass is 10.1. The number of hydrogen-bond donors (Lipinski definition) is 0. The average Bonchev–Trinajstić information content (AvgIpc) is 2.98. The minimum atomic E-state index is -0.378. The van der Waals surface area contributed by atoms with Gasteiger partial charge < -0.3 is 0 Å². The first kappa shape index (κ1) is 14.9. The highest BCUT2D eigenvalue weighted by Gasteiger charge is 2.12. The second-order valence-electron chi connectivity index (χ2n) is 4.62. The number of carbonyl (C=O) groups excluding carboxylic acids is 1. The number of benzene rings is 1. The van der Waals surface area contributed by atoms with E-state index in [1.165, 1.54) is 51.9 Å². The lowest BCUT2D eigenvalue weighted by Gasteiger charge is -2.06. The van der Waals surface area contributed by atoms with Crippen LogP contribution in [0.2, 0.25) is 0 Å². The molecule has 0 spiro atoms. The monoisotopic (exact) mass is 334 g/mol. The van der Waals surface area contributed by atoms with Crippen molar-refractivity contribution in [2.24, 2.45) is 7.05 Å². The van der Waals surface area contributed by atoms with Crippen LogP contribution in [0.5, 0.6) is 0 Å². The van der Waals surface area contributed by atoms with Gasteiger partial charge in [0, 0.05) is 12.6 Å². The molecular formula is C15H11FN2O2S2. The van der Waals surface area contributed by atoms with Crippen LogP contribution in [0.1, 0.15) is 10.4 Å². The van der Waals surface area contributed by atoms with E-state index in [0.717, 1.165) is 0 Å². The highest BCUT2D eigenvalue weighted by Crippen LogP contribution is 2.21. The summed E-state index contributed by atoms with van der Waals surface area (Å²) in [6.07, 6.45) is 0. The van der Waals surface area contributed by atoms with Gasteiger partial charge in [0.05, 0.1) is 11.1 Å². The fourth-order valence-corrected chi connectivity index (χ4v) is 3.63. The minimum absolute atomic E-state index is 0.122. The summed E-state index contributed by atoms with van der Waals surface area (Å²) in [5.41, 5.74) is 0.319. The molecule has 0 radical (unpaired) electrons. The highest BCUT2D eigenvalue weighted by molar-refractivity contribution is 7.99. The number of thiophene rings is 1. The van der Waals surface area contributed by atoms with Crippen molar-refractivity contribution >= 4 is 39.1 Å². The third-order valence-electron chi connectivity index (χ3n) is 3.16. The number of fused-ring (bicyclic) bond motifs is 1. The summed E-state index contributed by atoms with van der Waals surface area (Å²) in [5.74, 6) is -0.370. The lowest BCUT2D eigenvalue weighted by molar-refractivity contribution is 0.102. The summed E-state index contributed by atoms with van der Waals surface area (Å²) in [5, 5.41) is 2.90. The SMILES string of the molecule is Cn1c(SCC(=O)c2ccc(F)cc2)nc2sccc2c1=O. The Morgan fingerprint density at radius 1 is 1.32 bits per heavy atom. The molecule has 0 atom stereocenters. The number of nitrogens with zero attached hydrogens (tertiary/aromatic N) is 2. The zero-order valence-corrected chi connectivity index (χ0v) is 13.2. The summed E-state index contributed by atoms with van der Waals surface area (Å²) >= 11 is 2.59. The van der Waals surface area contributed by atoms with E-state index in [9.17, 15) is 14.0 Å². The van der Waals surface area contributed by atoms with Crippen LogP contribution in [0.4, 0.5) is 4.39 Å².